The van der Waals surface area contributed by atoms with Gasteiger partial charge in [-0.15, -0.1) is 0 Å². The van der Waals surface area contributed by atoms with Crippen LogP contribution < -0.4 is 4.72 Å². The van der Waals surface area contributed by atoms with E-state index in [0.717, 1.165) is 11.0 Å². The zero-order chi connectivity index (χ0) is 15.1. The molecule has 20 heavy (non-hydrogen) atoms. The predicted molar refractivity (Wildman–Crippen MR) is 83.6 cm³/mol. The van der Waals surface area contributed by atoms with E-state index < -0.39 is 25.9 Å². The third-order valence-electron chi connectivity index (χ3n) is 2.74. The molecular formula is C11H11Br2NO4S2. The lowest BCUT2D eigenvalue weighted by Gasteiger charge is -2.13. The van der Waals surface area contributed by atoms with Gasteiger partial charge in [-0.25, -0.2) is 21.6 Å². The van der Waals surface area contributed by atoms with Crippen molar-refractivity contribution in [1.29, 1.82) is 0 Å². The predicted octanol–water partition coefficient (Wildman–Crippen LogP) is 2.11. The zero-order valence-electron chi connectivity index (χ0n) is 10.3. The van der Waals surface area contributed by atoms with Gasteiger partial charge in [0.2, 0.25) is 10.0 Å². The summed E-state index contributed by atoms with van der Waals surface area (Å²) in [5.41, 5.74) is 0.888. The van der Waals surface area contributed by atoms with Crippen LogP contribution in [0.5, 0.6) is 0 Å². The molecule has 5 nitrogen and oxygen atoms in total. The quantitative estimate of drug-likeness (QED) is 0.774. The molecule has 1 aromatic carbocycles. The average molecular weight is 445 g/mol. The lowest BCUT2D eigenvalue weighted by molar-refractivity contribution is 0.574. The Labute approximate surface area is 134 Å². The first kappa shape index (κ1) is 16.2. The Morgan fingerprint density at radius 3 is 2.45 bits per heavy atom. The second kappa shape index (κ2) is 5.53. The molecular weight excluding hydrogens is 434 g/mol. The highest BCUT2D eigenvalue weighted by Crippen LogP contribution is 2.29. The second-order valence-corrected chi connectivity index (χ2v) is 9.74. The molecule has 0 aromatic heterocycles. The molecule has 2 rings (SSSR count). The molecule has 0 aliphatic carbocycles. The SMILES string of the molecule is Cc1cc(Br)c(S(=O)(=O)NC2C=CS(=O)(=O)C2)cc1Br. The molecule has 1 aromatic rings. The number of rotatable bonds is 3. The van der Waals surface area contributed by atoms with E-state index in [2.05, 4.69) is 36.6 Å². The third-order valence-corrected chi connectivity index (χ3v) is 7.44. The lowest BCUT2D eigenvalue weighted by atomic mass is 10.2. The Bertz CT molecular complexity index is 785. The Morgan fingerprint density at radius 1 is 1.25 bits per heavy atom. The Kier molecular flexibility index (Phi) is 4.46. The van der Waals surface area contributed by atoms with Crippen LogP contribution in [0.15, 0.2) is 37.5 Å². The summed E-state index contributed by atoms with van der Waals surface area (Å²) in [4.78, 5) is 0.0627. The van der Waals surface area contributed by atoms with Gasteiger partial charge in [0.25, 0.3) is 0 Å². The molecule has 0 spiro atoms. The van der Waals surface area contributed by atoms with E-state index in [9.17, 15) is 16.8 Å². The fourth-order valence-corrected chi connectivity index (χ4v) is 5.95. The smallest absolute Gasteiger partial charge is 0.224 e. The first-order chi connectivity index (χ1) is 9.11. The van der Waals surface area contributed by atoms with E-state index in [-0.39, 0.29) is 10.6 Å². The third kappa shape index (κ3) is 3.51. The number of nitrogens with one attached hydrogen (secondary N) is 1. The van der Waals surface area contributed by atoms with E-state index >= 15 is 0 Å². The highest BCUT2D eigenvalue weighted by Gasteiger charge is 2.28. The van der Waals surface area contributed by atoms with Gasteiger partial charge in [0.1, 0.15) is 0 Å². The molecule has 0 bridgehead atoms. The molecule has 1 N–H and O–H groups in total. The summed E-state index contributed by atoms with van der Waals surface area (Å²) in [5.74, 6) is -0.253. The van der Waals surface area contributed by atoms with Crippen LogP contribution in [0.25, 0.3) is 0 Å². The number of benzene rings is 1. The molecule has 0 saturated heterocycles. The van der Waals surface area contributed by atoms with Gasteiger partial charge >= 0.3 is 0 Å². The average Bonchev–Trinajstić information content (AvgIpc) is 2.62. The fraction of sp³-hybridized carbons (Fsp3) is 0.273. The van der Waals surface area contributed by atoms with Crippen LogP contribution in [-0.2, 0) is 19.9 Å². The minimum absolute atomic E-state index is 0.0627. The van der Waals surface area contributed by atoms with E-state index in [0.29, 0.717) is 8.95 Å². The number of aryl methyl sites for hydroxylation is 1. The minimum Gasteiger partial charge on any atom is -0.224 e. The van der Waals surface area contributed by atoms with Crippen LogP contribution >= 0.6 is 31.9 Å². The summed E-state index contributed by atoms with van der Waals surface area (Å²) in [5, 5.41) is 1.03. The van der Waals surface area contributed by atoms with Crippen LogP contribution in [0.2, 0.25) is 0 Å². The maximum Gasteiger partial charge on any atom is 0.242 e. The van der Waals surface area contributed by atoms with Gasteiger partial charge in [-0.1, -0.05) is 22.0 Å². The Balaban J connectivity index is 2.33. The van der Waals surface area contributed by atoms with Gasteiger partial charge < -0.3 is 0 Å². The van der Waals surface area contributed by atoms with Gasteiger partial charge in [-0.2, -0.15) is 0 Å². The van der Waals surface area contributed by atoms with Gasteiger partial charge in [0.15, 0.2) is 9.84 Å². The molecule has 0 radical (unpaired) electrons. The van der Waals surface area contributed by atoms with Gasteiger partial charge in [0, 0.05) is 14.4 Å². The van der Waals surface area contributed by atoms with E-state index in [4.69, 9.17) is 0 Å². The molecule has 1 aliphatic heterocycles. The number of halogens is 2. The molecule has 1 heterocycles. The molecule has 1 aliphatic rings. The Morgan fingerprint density at radius 2 is 1.90 bits per heavy atom. The molecule has 1 unspecified atom stereocenters. The minimum atomic E-state index is -3.81. The number of hydrogen-bond acceptors (Lipinski definition) is 4. The monoisotopic (exact) mass is 443 g/mol. The molecule has 0 fully saturated rings. The largest absolute Gasteiger partial charge is 0.242 e. The van der Waals surface area contributed by atoms with Gasteiger partial charge in [0.05, 0.1) is 16.7 Å². The standard InChI is InChI=1S/C11H11Br2NO4S2/c1-7-4-10(13)11(5-9(7)12)20(17,18)14-8-2-3-19(15,16)6-8/h2-5,8,14H,6H2,1H3. The van der Waals surface area contributed by atoms with Crippen molar-refractivity contribution in [2.24, 2.45) is 0 Å². The van der Waals surface area contributed by atoms with E-state index in [1.54, 1.807) is 6.07 Å². The molecule has 9 heteroatoms. The van der Waals surface area contributed by atoms with Crippen molar-refractivity contribution in [1.82, 2.24) is 4.72 Å². The van der Waals surface area contributed by atoms with Crippen LogP contribution in [0.3, 0.4) is 0 Å². The van der Waals surface area contributed by atoms with Crippen molar-refractivity contribution < 1.29 is 16.8 Å². The maximum atomic E-state index is 12.3. The number of hydrogen-bond donors (Lipinski definition) is 1. The summed E-state index contributed by atoms with van der Waals surface area (Å²) in [6.45, 7) is 1.84. The zero-order valence-corrected chi connectivity index (χ0v) is 15.1. The first-order valence-corrected chi connectivity index (χ1v) is 10.3. The molecule has 0 saturated carbocycles. The summed E-state index contributed by atoms with van der Waals surface area (Å²) < 4.78 is 50.6. The van der Waals surface area contributed by atoms with Crippen molar-refractivity contribution in [3.8, 4) is 0 Å². The van der Waals surface area contributed by atoms with Crippen LogP contribution in [0, 0.1) is 6.92 Å². The van der Waals surface area contributed by atoms with Crippen LogP contribution in [-0.4, -0.2) is 28.6 Å². The van der Waals surface area contributed by atoms with Crippen molar-refractivity contribution >= 4 is 51.7 Å². The topological polar surface area (TPSA) is 80.3 Å². The number of sulfonamides is 1. The summed E-state index contributed by atoms with van der Waals surface area (Å²) >= 11 is 6.49. The van der Waals surface area contributed by atoms with Crippen molar-refractivity contribution in [3.63, 3.8) is 0 Å². The fourth-order valence-electron chi connectivity index (χ4n) is 1.75. The molecule has 110 valence electrons. The van der Waals surface area contributed by atoms with Gasteiger partial charge in [-0.3, -0.25) is 0 Å². The molecule has 0 amide bonds. The van der Waals surface area contributed by atoms with Crippen LogP contribution in [0.1, 0.15) is 5.56 Å². The Hall–Kier alpha value is -0.220. The van der Waals surface area contributed by atoms with Crippen molar-refractivity contribution in [2.75, 3.05) is 5.75 Å². The molecule has 1 atom stereocenters. The van der Waals surface area contributed by atoms with Crippen molar-refractivity contribution in [3.05, 3.63) is 38.1 Å². The van der Waals surface area contributed by atoms with E-state index in [1.807, 2.05) is 6.92 Å². The van der Waals surface area contributed by atoms with Crippen molar-refractivity contribution in [2.45, 2.75) is 17.9 Å². The highest BCUT2D eigenvalue weighted by molar-refractivity contribution is 9.11. The first-order valence-electron chi connectivity index (χ1n) is 5.50. The van der Waals surface area contributed by atoms with Gasteiger partial charge in [-0.05, 0) is 40.5 Å². The summed E-state index contributed by atoms with van der Waals surface area (Å²) in [7, 11) is -7.11. The normalized spacial score (nSPS) is 21.2. The highest BCUT2D eigenvalue weighted by atomic mass is 79.9. The lowest BCUT2D eigenvalue weighted by Crippen LogP contribution is -2.35. The van der Waals surface area contributed by atoms with Crippen LogP contribution in [0.4, 0.5) is 0 Å². The number of sulfone groups is 1. The summed E-state index contributed by atoms with van der Waals surface area (Å²) in [6, 6.07) is 2.42. The maximum absolute atomic E-state index is 12.3. The van der Waals surface area contributed by atoms with E-state index in [1.165, 1.54) is 12.1 Å². The summed E-state index contributed by atoms with van der Waals surface area (Å²) in [6.07, 6.45) is 1.34. The second-order valence-electron chi connectivity index (χ2n) is 4.42.